The molecule has 2 fully saturated rings. The van der Waals surface area contributed by atoms with Crippen LogP contribution in [0.15, 0.2) is 65.7 Å². The van der Waals surface area contributed by atoms with E-state index in [1.807, 2.05) is 30.3 Å². The molecule has 0 aliphatic carbocycles. The molecule has 0 saturated carbocycles. The monoisotopic (exact) mass is 599 g/mol. The van der Waals surface area contributed by atoms with Crippen LogP contribution >= 0.6 is 11.6 Å². The molecule has 0 bridgehead atoms. The molecule has 9 nitrogen and oxygen atoms in total. The lowest BCUT2D eigenvalue weighted by Gasteiger charge is -2.38. The number of halogens is 3. The maximum Gasteiger partial charge on any atom is 0.262 e. The second kappa shape index (κ2) is 12.7. The SMILES string of the molecule is CC1CNCCO1.O=C(c1ccc(F)cc1F)N1CCC(O)(Cn2cnc3c(cc(Cl)n3-c3ccccc3)c2=O)CC1. The first-order valence-electron chi connectivity index (χ1n) is 13.8. The maximum absolute atomic E-state index is 14.0. The van der Waals surface area contributed by atoms with E-state index in [1.165, 1.54) is 15.8 Å². The van der Waals surface area contributed by atoms with E-state index in [0.29, 0.717) is 28.4 Å². The van der Waals surface area contributed by atoms with E-state index in [0.717, 1.165) is 37.5 Å². The van der Waals surface area contributed by atoms with Crippen LogP contribution in [0.25, 0.3) is 16.7 Å². The molecule has 4 aromatic rings. The Balaban J connectivity index is 0.000000442. The molecule has 2 aromatic heterocycles. The molecule has 1 atom stereocenters. The number of rotatable bonds is 4. The minimum atomic E-state index is -1.26. The van der Waals surface area contributed by atoms with Crippen molar-refractivity contribution in [2.75, 3.05) is 32.8 Å². The number of piperidine rings is 1. The summed E-state index contributed by atoms with van der Waals surface area (Å²) in [4.78, 5) is 31.7. The van der Waals surface area contributed by atoms with Crippen LogP contribution in [0.1, 0.15) is 30.1 Å². The number of hydrogen-bond acceptors (Lipinski definition) is 6. The van der Waals surface area contributed by atoms with Crippen LogP contribution in [0.3, 0.4) is 0 Å². The van der Waals surface area contributed by atoms with Crippen molar-refractivity contribution < 1.29 is 23.4 Å². The van der Waals surface area contributed by atoms with Crippen molar-refractivity contribution in [2.24, 2.45) is 0 Å². The van der Waals surface area contributed by atoms with Crippen molar-refractivity contribution in [3.63, 3.8) is 0 Å². The van der Waals surface area contributed by atoms with E-state index >= 15 is 0 Å². The standard InChI is InChI=1S/C25H21ClF2N4O3.C5H11NO/c26-21-13-19-22(32(21)17-4-2-1-3-5-17)29-15-31(24(19)34)14-25(35)8-10-30(11-9-25)23(33)18-7-6-16(27)12-20(18)28;1-5-4-6-2-3-7-5/h1-7,12-13,15,35H,8-11,14H2;5-6H,2-4H2,1H3. The molecule has 42 heavy (non-hydrogen) atoms. The first-order valence-corrected chi connectivity index (χ1v) is 14.1. The molecule has 2 saturated heterocycles. The maximum atomic E-state index is 14.0. The summed E-state index contributed by atoms with van der Waals surface area (Å²) in [5.74, 6) is -2.26. The summed E-state index contributed by atoms with van der Waals surface area (Å²) in [6, 6.07) is 13.7. The van der Waals surface area contributed by atoms with E-state index in [-0.39, 0.29) is 43.6 Å². The number of hydrogen-bond donors (Lipinski definition) is 2. The van der Waals surface area contributed by atoms with E-state index in [1.54, 1.807) is 10.6 Å². The summed E-state index contributed by atoms with van der Waals surface area (Å²) >= 11 is 6.40. The van der Waals surface area contributed by atoms with Gasteiger partial charge in [0.15, 0.2) is 5.65 Å². The second-order valence-corrected chi connectivity index (χ2v) is 11.0. The molecule has 0 radical (unpaired) electrons. The highest BCUT2D eigenvalue weighted by molar-refractivity contribution is 6.31. The van der Waals surface area contributed by atoms with Gasteiger partial charge in [0.25, 0.3) is 11.5 Å². The smallest absolute Gasteiger partial charge is 0.262 e. The summed E-state index contributed by atoms with van der Waals surface area (Å²) in [5, 5.41) is 15.0. The average Bonchev–Trinajstić information content (AvgIpc) is 3.32. The molecule has 6 rings (SSSR count). The third-order valence-corrected chi connectivity index (χ3v) is 7.75. The number of aliphatic hydroxyl groups is 1. The Morgan fingerprint density at radius 2 is 1.90 bits per heavy atom. The Morgan fingerprint density at radius 1 is 1.17 bits per heavy atom. The Morgan fingerprint density at radius 3 is 2.52 bits per heavy atom. The van der Waals surface area contributed by atoms with Crippen LogP contribution in [0.2, 0.25) is 5.15 Å². The largest absolute Gasteiger partial charge is 0.388 e. The summed E-state index contributed by atoms with van der Waals surface area (Å²) in [6.45, 7) is 5.28. The van der Waals surface area contributed by atoms with Crippen LogP contribution in [0.4, 0.5) is 8.78 Å². The highest BCUT2D eigenvalue weighted by atomic mass is 35.5. The van der Waals surface area contributed by atoms with Gasteiger partial charge in [-0.3, -0.25) is 18.7 Å². The van der Waals surface area contributed by atoms with Crippen LogP contribution < -0.4 is 10.9 Å². The van der Waals surface area contributed by atoms with Crippen molar-refractivity contribution in [1.82, 2.24) is 24.3 Å². The van der Waals surface area contributed by atoms with Gasteiger partial charge in [-0.05, 0) is 50.1 Å². The minimum Gasteiger partial charge on any atom is -0.388 e. The van der Waals surface area contributed by atoms with E-state index in [9.17, 15) is 23.5 Å². The number of benzene rings is 2. The normalized spacial score (nSPS) is 18.4. The molecule has 2 aromatic carbocycles. The zero-order chi connectivity index (χ0) is 29.9. The van der Waals surface area contributed by atoms with Gasteiger partial charge in [0.05, 0.1) is 35.8 Å². The number of ether oxygens (including phenoxy) is 1. The lowest BCUT2D eigenvalue weighted by Crippen LogP contribution is -2.49. The molecular formula is C30H32ClF2N5O4. The molecule has 0 spiro atoms. The Labute approximate surface area is 246 Å². The Bertz CT molecular complexity index is 1610. The molecule has 2 aliphatic heterocycles. The average molecular weight is 600 g/mol. The van der Waals surface area contributed by atoms with Crippen LogP contribution in [0.5, 0.6) is 0 Å². The first kappa shape index (κ1) is 29.8. The number of aromatic nitrogens is 3. The third-order valence-electron chi connectivity index (χ3n) is 7.48. The van der Waals surface area contributed by atoms with Gasteiger partial charge in [-0.2, -0.15) is 0 Å². The van der Waals surface area contributed by atoms with Crippen LogP contribution in [0, 0.1) is 11.6 Å². The zero-order valence-corrected chi connectivity index (χ0v) is 23.9. The number of nitrogens with one attached hydrogen (secondary N) is 1. The van der Waals surface area contributed by atoms with Crippen molar-refractivity contribution in [3.8, 4) is 5.69 Å². The highest BCUT2D eigenvalue weighted by Gasteiger charge is 2.35. The van der Waals surface area contributed by atoms with Gasteiger partial charge in [-0.25, -0.2) is 13.8 Å². The van der Waals surface area contributed by atoms with Crippen LogP contribution in [-0.2, 0) is 11.3 Å². The van der Waals surface area contributed by atoms with Crippen molar-refractivity contribution in [3.05, 3.63) is 93.6 Å². The number of nitrogens with zero attached hydrogens (tertiary/aromatic N) is 4. The second-order valence-electron chi connectivity index (χ2n) is 10.6. The van der Waals surface area contributed by atoms with Crippen molar-refractivity contribution in [2.45, 2.75) is 38.0 Å². The lowest BCUT2D eigenvalue weighted by atomic mass is 9.91. The molecule has 2 aliphatic rings. The van der Waals surface area contributed by atoms with Gasteiger partial charge < -0.3 is 20.1 Å². The third kappa shape index (κ3) is 6.54. The number of para-hydroxylation sites is 1. The molecule has 2 N–H and O–H groups in total. The Hall–Kier alpha value is -3.64. The fourth-order valence-corrected chi connectivity index (χ4v) is 5.44. The molecule has 4 heterocycles. The number of morpholine rings is 1. The van der Waals surface area contributed by atoms with E-state index in [2.05, 4.69) is 17.2 Å². The number of carbonyl (C=O) groups excluding carboxylic acids is 1. The lowest BCUT2D eigenvalue weighted by molar-refractivity contribution is -0.0300. The van der Waals surface area contributed by atoms with Gasteiger partial charge in [-0.1, -0.05) is 29.8 Å². The van der Waals surface area contributed by atoms with E-state index in [4.69, 9.17) is 16.3 Å². The zero-order valence-electron chi connectivity index (χ0n) is 23.1. The first-order chi connectivity index (χ1) is 20.1. The molecule has 1 amide bonds. The topological polar surface area (TPSA) is 102 Å². The molecule has 1 unspecified atom stereocenters. The van der Waals surface area contributed by atoms with Crippen LogP contribution in [-0.4, -0.2) is 74.5 Å². The van der Waals surface area contributed by atoms with Crippen molar-refractivity contribution >= 4 is 28.5 Å². The molecule has 12 heteroatoms. The molecule has 222 valence electrons. The quantitative estimate of drug-likeness (QED) is 0.370. The predicted octanol–water partition coefficient (Wildman–Crippen LogP) is 3.78. The predicted molar refractivity (Wildman–Crippen MR) is 155 cm³/mol. The summed E-state index contributed by atoms with van der Waals surface area (Å²) < 4.78 is 35.4. The number of amides is 1. The summed E-state index contributed by atoms with van der Waals surface area (Å²) in [7, 11) is 0. The van der Waals surface area contributed by atoms with E-state index < -0.39 is 23.1 Å². The van der Waals surface area contributed by atoms with Gasteiger partial charge in [0.1, 0.15) is 23.1 Å². The fourth-order valence-electron chi connectivity index (χ4n) is 5.15. The number of fused-ring (bicyclic) bond motifs is 1. The summed E-state index contributed by atoms with van der Waals surface area (Å²) in [6.07, 6.45) is 2.16. The van der Waals surface area contributed by atoms with Gasteiger partial charge in [-0.15, -0.1) is 0 Å². The van der Waals surface area contributed by atoms with Gasteiger partial charge in [0, 0.05) is 37.9 Å². The van der Waals surface area contributed by atoms with Gasteiger partial charge in [0.2, 0.25) is 0 Å². The number of likely N-dealkylation sites (tertiary alicyclic amines) is 1. The molecular weight excluding hydrogens is 568 g/mol. The van der Waals surface area contributed by atoms with Crippen molar-refractivity contribution in [1.29, 1.82) is 0 Å². The van der Waals surface area contributed by atoms with Gasteiger partial charge >= 0.3 is 0 Å². The Kier molecular flexibility index (Phi) is 9.02. The summed E-state index contributed by atoms with van der Waals surface area (Å²) in [5.41, 5.74) is -0.640. The number of carbonyl (C=O) groups is 1. The highest BCUT2D eigenvalue weighted by Crippen LogP contribution is 2.27. The fraction of sp³-hybridized carbons (Fsp3) is 0.367. The minimum absolute atomic E-state index is 0.0180.